The molecule has 0 radical (unpaired) electrons. The van der Waals surface area contributed by atoms with E-state index in [4.69, 9.17) is 4.74 Å². The molecule has 1 aromatic rings. The van der Waals surface area contributed by atoms with Crippen molar-refractivity contribution in [2.75, 3.05) is 0 Å². The number of carbonyl (C=O) groups is 1. The van der Waals surface area contributed by atoms with Crippen molar-refractivity contribution >= 4 is 5.78 Å². The Morgan fingerprint density at radius 3 is 2.42 bits per heavy atom. The van der Waals surface area contributed by atoms with Crippen LogP contribution in [0.3, 0.4) is 0 Å². The van der Waals surface area contributed by atoms with Crippen molar-refractivity contribution in [1.29, 1.82) is 0 Å². The summed E-state index contributed by atoms with van der Waals surface area (Å²) in [6.45, 7) is 6.33. The van der Waals surface area contributed by atoms with Crippen LogP contribution in [0.2, 0.25) is 0 Å². The molecule has 3 atom stereocenters. The lowest BCUT2D eigenvalue weighted by Crippen LogP contribution is -2.27. The molecular weight excluding hydrogens is 236 g/mol. The molecule has 0 spiro atoms. The van der Waals surface area contributed by atoms with Gasteiger partial charge in [0.15, 0.2) is 0 Å². The van der Waals surface area contributed by atoms with Crippen LogP contribution in [0.15, 0.2) is 12.1 Å². The Balaban J connectivity index is 1.77. The molecule has 2 aliphatic rings. The summed E-state index contributed by atoms with van der Waals surface area (Å²) >= 11 is 0. The highest BCUT2D eigenvalue weighted by Gasteiger charge is 2.43. The van der Waals surface area contributed by atoms with Crippen molar-refractivity contribution in [2.24, 2.45) is 5.92 Å². The van der Waals surface area contributed by atoms with E-state index in [1.54, 1.807) is 0 Å². The predicted molar refractivity (Wildman–Crippen MR) is 75.4 cm³/mol. The first kappa shape index (κ1) is 12.9. The van der Waals surface area contributed by atoms with E-state index in [2.05, 4.69) is 32.9 Å². The third-order valence-electron chi connectivity index (χ3n) is 4.71. The van der Waals surface area contributed by atoms with E-state index in [0.29, 0.717) is 18.3 Å². The number of aryl methyl sites for hydroxylation is 3. The van der Waals surface area contributed by atoms with Gasteiger partial charge >= 0.3 is 0 Å². The average Bonchev–Trinajstić information content (AvgIpc) is 2.95. The molecule has 19 heavy (non-hydrogen) atoms. The molecule has 1 aromatic carbocycles. The highest BCUT2D eigenvalue weighted by atomic mass is 16.5. The quantitative estimate of drug-likeness (QED) is 0.831. The fourth-order valence-electron chi connectivity index (χ4n) is 3.77. The van der Waals surface area contributed by atoms with E-state index < -0.39 is 0 Å². The summed E-state index contributed by atoms with van der Waals surface area (Å²) in [5.74, 6) is 0.529. The summed E-state index contributed by atoms with van der Waals surface area (Å²) in [5, 5.41) is 0. The molecule has 0 N–H and O–H groups in total. The minimum absolute atomic E-state index is 0.152. The maximum absolute atomic E-state index is 12.5. The van der Waals surface area contributed by atoms with Gasteiger partial charge in [-0.25, -0.2) is 0 Å². The fraction of sp³-hybridized carbons (Fsp3) is 0.588. The molecule has 2 aliphatic heterocycles. The van der Waals surface area contributed by atoms with Gasteiger partial charge in [0.05, 0.1) is 12.2 Å². The molecular formula is C17H22O2. The van der Waals surface area contributed by atoms with Crippen LogP contribution in [0.5, 0.6) is 0 Å². The number of hydrogen-bond acceptors (Lipinski definition) is 2. The molecule has 2 heteroatoms. The summed E-state index contributed by atoms with van der Waals surface area (Å²) in [5.41, 5.74) is 4.98. The Bertz CT molecular complexity index is 495. The van der Waals surface area contributed by atoms with Crippen LogP contribution in [0.1, 0.15) is 41.5 Å². The van der Waals surface area contributed by atoms with Crippen LogP contribution >= 0.6 is 0 Å². The molecule has 2 bridgehead atoms. The first-order valence-corrected chi connectivity index (χ1v) is 7.29. The molecule has 0 amide bonds. The molecule has 2 saturated heterocycles. The molecule has 3 unspecified atom stereocenters. The maximum Gasteiger partial charge on any atom is 0.143 e. The largest absolute Gasteiger partial charge is 0.374 e. The van der Waals surface area contributed by atoms with E-state index in [1.807, 2.05) is 0 Å². The van der Waals surface area contributed by atoms with Gasteiger partial charge in [0.1, 0.15) is 5.78 Å². The zero-order valence-corrected chi connectivity index (χ0v) is 12.0. The predicted octanol–water partition coefficient (Wildman–Crippen LogP) is 3.29. The molecule has 2 heterocycles. The van der Waals surface area contributed by atoms with E-state index in [1.165, 1.54) is 22.3 Å². The summed E-state index contributed by atoms with van der Waals surface area (Å²) < 4.78 is 5.80. The Morgan fingerprint density at radius 1 is 1.21 bits per heavy atom. The van der Waals surface area contributed by atoms with Gasteiger partial charge < -0.3 is 4.74 Å². The minimum atomic E-state index is 0.152. The maximum atomic E-state index is 12.5. The molecule has 0 aliphatic carbocycles. The summed E-state index contributed by atoms with van der Waals surface area (Å²) in [6, 6.07) is 4.35. The van der Waals surface area contributed by atoms with Crippen LogP contribution in [-0.4, -0.2) is 18.0 Å². The number of carbonyl (C=O) groups excluding carboxylic acids is 1. The van der Waals surface area contributed by atoms with Gasteiger partial charge in [-0.2, -0.15) is 0 Å². The normalized spacial score (nSPS) is 28.9. The van der Waals surface area contributed by atoms with Crippen molar-refractivity contribution in [3.8, 4) is 0 Å². The summed E-state index contributed by atoms with van der Waals surface area (Å²) in [6.07, 6.45) is 4.33. The summed E-state index contributed by atoms with van der Waals surface area (Å²) in [7, 11) is 0. The molecule has 0 aromatic heterocycles. The lowest BCUT2D eigenvalue weighted by Gasteiger charge is -2.18. The van der Waals surface area contributed by atoms with Crippen LogP contribution < -0.4 is 0 Å². The second-order valence-corrected chi connectivity index (χ2v) is 6.24. The Kier molecular flexibility index (Phi) is 3.22. The number of hydrogen-bond donors (Lipinski definition) is 0. The SMILES string of the molecule is Cc1cc(C)c(CC(=O)C2CC3CCC2O3)c(C)c1. The first-order valence-electron chi connectivity index (χ1n) is 7.29. The van der Waals surface area contributed by atoms with Gasteiger partial charge in [-0.15, -0.1) is 0 Å². The number of fused-ring (bicyclic) bond motifs is 2. The summed E-state index contributed by atoms with van der Waals surface area (Å²) in [4.78, 5) is 12.5. The van der Waals surface area contributed by atoms with Crippen LogP contribution in [0.4, 0.5) is 0 Å². The number of rotatable bonds is 3. The van der Waals surface area contributed by atoms with E-state index in [9.17, 15) is 4.79 Å². The molecule has 2 fully saturated rings. The number of ether oxygens (including phenoxy) is 1. The zero-order chi connectivity index (χ0) is 13.6. The fourth-order valence-corrected chi connectivity index (χ4v) is 3.77. The van der Waals surface area contributed by atoms with Gasteiger partial charge in [0.2, 0.25) is 0 Å². The van der Waals surface area contributed by atoms with Crippen LogP contribution in [0, 0.1) is 26.7 Å². The van der Waals surface area contributed by atoms with E-state index in [0.717, 1.165) is 19.3 Å². The molecule has 0 saturated carbocycles. The Labute approximate surface area is 115 Å². The second-order valence-electron chi connectivity index (χ2n) is 6.24. The monoisotopic (exact) mass is 258 g/mol. The van der Waals surface area contributed by atoms with E-state index >= 15 is 0 Å². The van der Waals surface area contributed by atoms with Crippen LogP contribution in [0.25, 0.3) is 0 Å². The van der Waals surface area contributed by atoms with Gasteiger partial charge in [-0.3, -0.25) is 4.79 Å². The molecule has 102 valence electrons. The topological polar surface area (TPSA) is 26.3 Å². The Hall–Kier alpha value is -1.15. The lowest BCUT2D eigenvalue weighted by molar-refractivity contribution is -0.123. The third-order valence-corrected chi connectivity index (χ3v) is 4.71. The molecule has 3 rings (SSSR count). The first-order chi connectivity index (χ1) is 9.04. The van der Waals surface area contributed by atoms with Crippen molar-refractivity contribution < 1.29 is 9.53 Å². The molecule has 2 nitrogen and oxygen atoms in total. The zero-order valence-electron chi connectivity index (χ0n) is 12.0. The Morgan fingerprint density at radius 2 is 1.89 bits per heavy atom. The highest BCUT2D eigenvalue weighted by Crippen LogP contribution is 2.39. The van der Waals surface area contributed by atoms with Crippen molar-refractivity contribution in [3.63, 3.8) is 0 Å². The van der Waals surface area contributed by atoms with Gasteiger partial charge in [0, 0.05) is 12.3 Å². The second kappa shape index (κ2) is 4.75. The number of ketones is 1. The van der Waals surface area contributed by atoms with Crippen molar-refractivity contribution in [1.82, 2.24) is 0 Å². The minimum Gasteiger partial charge on any atom is -0.374 e. The smallest absolute Gasteiger partial charge is 0.143 e. The highest BCUT2D eigenvalue weighted by molar-refractivity contribution is 5.85. The van der Waals surface area contributed by atoms with Crippen molar-refractivity contribution in [2.45, 2.75) is 58.7 Å². The number of Topliss-reactive ketones (excluding diaryl/α,β-unsaturated/α-hetero) is 1. The standard InChI is InChI=1S/C17H22O2/c1-10-6-11(2)14(12(3)7-10)9-16(18)15-8-13-4-5-17(15)19-13/h6-7,13,15,17H,4-5,8-9H2,1-3H3. The number of benzene rings is 1. The van der Waals surface area contributed by atoms with Crippen LogP contribution in [-0.2, 0) is 16.0 Å². The third kappa shape index (κ3) is 2.34. The van der Waals surface area contributed by atoms with Crippen molar-refractivity contribution in [3.05, 3.63) is 34.4 Å². The van der Waals surface area contributed by atoms with Gasteiger partial charge in [-0.1, -0.05) is 17.7 Å². The van der Waals surface area contributed by atoms with Gasteiger partial charge in [-0.05, 0) is 56.7 Å². The van der Waals surface area contributed by atoms with E-state index in [-0.39, 0.29) is 12.0 Å². The van der Waals surface area contributed by atoms with Gasteiger partial charge in [0.25, 0.3) is 0 Å². The lowest BCUT2D eigenvalue weighted by atomic mass is 9.83. The average molecular weight is 258 g/mol.